The number of anilines is 2. The topological polar surface area (TPSA) is 51.2 Å². The summed E-state index contributed by atoms with van der Waals surface area (Å²) in [5.41, 5.74) is 4.15. The van der Waals surface area contributed by atoms with Crippen molar-refractivity contribution in [3.05, 3.63) is 45.9 Å². The van der Waals surface area contributed by atoms with Crippen LogP contribution >= 0.6 is 22.9 Å². The van der Waals surface area contributed by atoms with Crippen LogP contribution in [0.3, 0.4) is 0 Å². The van der Waals surface area contributed by atoms with E-state index in [4.69, 9.17) is 21.3 Å². The minimum absolute atomic E-state index is 0.0154. The van der Waals surface area contributed by atoms with E-state index in [2.05, 4.69) is 32.2 Å². The fourth-order valence-corrected chi connectivity index (χ4v) is 9.61. The van der Waals surface area contributed by atoms with E-state index in [9.17, 15) is 4.79 Å². The Kier molecular flexibility index (Phi) is 6.68. The molecule has 4 aliphatic rings. The molecule has 2 saturated carbocycles. The van der Waals surface area contributed by atoms with Gasteiger partial charge in [0, 0.05) is 22.5 Å². The Morgan fingerprint density at radius 3 is 2.76 bits per heavy atom. The number of carbonyl (C=O) groups excluding carboxylic acids is 1. The molecule has 0 spiro atoms. The van der Waals surface area contributed by atoms with Gasteiger partial charge in [0.05, 0.1) is 10.6 Å². The highest BCUT2D eigenvalue weighted by atomic mass is 35.5. The fraction of sp³-hybridized carbons (Fsp3) is 0.613. The standard InChI is InChI=1S/C31H39ClN2O2S/c1-4-5-6-27(35)36-26-14-13-22-21-11-12-24-28-25(16-18-30(24,2)23(21)15-17-31(22,26)3)34-29(37-28)33-20-9-7-19(32)8-10-20/h7-10,12,21-23,26H,4-6,11,13-18H2,1-3H3,(H,33,34)/t21-,22-,23-,26-,30+,31-/m0/s1. The average molecular weight is 539 g/mol. The zero-order valence-corrected chi connectivity index (χ0v) is 23.9. The SMILES string of the molecule is CCCCC(=O)O[C@H]1CC[C@H]2[C@@H]3CC=C4c5sc(Nc6ccc(Cl)cc6)nc5CC[C@]4(C)[C@H]3CC[C@]12C. The van der Waals surface area contributed by atoms with Crippen LogP contribution in [0.25, 0.3) is 5.57 Å². The van der Waals surface area contributed by atoms with E-state index in [0.717, 1.165) is 47.9 Å². The Balaban J connectivity index is 1.23. The van der Waals surface area contributed by atoms with Crippen molar-refractivity contribution in [3.8, 4) is 0 Å². The van der Waals surface area contributed by atoms with Gasteiger partial charge in [-0.3, -0.25) is 4.79 Å². The molecular formula is C31H39ClN2O2S. The van der Waals surface area contributed by atoms with Crippen LogP contribution in [0.1, 0.15) is 89.1 Å². The lowest BCUT2D eigenvalue weighted by Crippen LogP contribution is -2.50. The summed E-state index contributed by atoms with van der Waals surface area (Å²) in [6.07, 6.45) is 13.2. The third-order valence-corrected chi connectivity index (χ3v) is 11.6. The van der Waals surface area contributed by atoms with Gasteiger partial charge in [0.15, 0.2) is 5.13 Å². The van der Waals surface area contributed by atoms with Crippen LogP contribution in [-0.2, 0) is 16.0 Å². The molecule has 1 aromatic carbocycles. The minimum atomic E-state index is 0.0154. The van der Waals surface area contributed by atoms with Gasteiger partial charge in [-0.2, -0.15) is 0 Å². The zero-order chi connectivity index (χ0) is 25.8. The van der Waals surface area contributed by atoms with Crippen molar-refractivity contribution >= 4 is 45.3 Å². The second kappa shape index (κ2) is 9.72. The number of nitrogens with zero attached hydrogens (tertiary/aromatic N) is 1. The Bertz CT molecular complexity index is 1210. The molecule has 1 N–H and O–H groups in total. The second-order valence-corrected chi connectivity index (χ2v) is 13.7. The van der Waals surface area contributed by atoms with Gasteiger partial charge in [0.1, 0.15) is 6.10 Å². The first-order chi connectivity index (χ1) is 17.8. The van der Waals surface area contributed by atoms with Crippen molar-refractivity contribution in [1.29, 1.82) is 0 Å². The number of hydrogen-bond acceptors (Lipinski definition) is 5. The lowest BCUT2D eigenvalue weighted by Gasteiger charge is -2.56. The number of aromatic nitrogens is 1. The Hall–Kier alpha value is -1.85. The van der Waals surface area contributed by atoms with E-state index in [1.807, 2.05) is 35.6 Å². The van der Waals surface area contributed by atoms with Gasteiger partial charge in [-0.15, -0.1) is 0 Å². The van der Waals surface area contributed by atoms with Gasteiger partial charge in [0.25, 0.3) is 0 Å². The lowest BCUT2D eigenvalue weighted by atomic mass is 9.48. The molecule has 0 radical (unpaired) electrons. The van der Waals surface area contributed by atoms with E-state index in [0.29, 0.717) is 24.2 Å². The first-order valence-electron chi connectivity index (χ1n) is 14.2. The predicted molar refractivity (Wildman–Crippen MR) is 152 cm³/mol. The third kappa shape index (κ3) is 4.34. The highest BCUT2D eigenvalue weighted by Gasteiger charge is 2.60. The number of nitrogens with one attached hydrogen (secondary N) is 1. The van der Waals surface area contributed by atoms with Crippen LogP contribution < -0.4 is 5.32 Å². The predicted octanol–water partition coefficient (Wildman–Crippen LogP) is 8.82. The summed E-state index contributed by atoms with van der Waals surface area (Å²) in [6.45, 7) is 7.09. The zero-order valence-electron chi connectivity index (χ0n) is 22.3. The smallest absolute Gasteiger partial charge is 0.306 e. The number of rotatable bonds is 6. The van der Waals surface area contributed by atoms with E-state index in [1.165, 1.54) is 36.3 Å². The molecule has 0 saturated heterocycles. The molecule has 6 rings (SSSR count). The van der Waals surface area contributed by atoms with Crippen LogP contribution in [-0.4, -0.2) is 17.1 Å². The first-order valence-corrected chi connectivity index (χ1v) is 15.4. The molecule has 1 heterocycles. The summed E-state index contributed by atoms with van der Waals surface area (Å²) in [7, 11) is 0. The van der Waals surface area contributed by atoms with Gasteiger partial charge >= 0.3 is 5.97 Å². The quantitative estimate of drug-likeness (QED) is 0.373. The molecule has 198 valence electrons. The number of hydrogen-bond donors (Lipinski definition) is 1. The summed E-state index contributed by atoms with van der Waals surface area (Å²) < 4.78 is 6.13. The number of fused-ring (bicyclic) bond motifs is 7. The van der Waals surface area contributed by atoms with Crippen LogP contribution in [0.5, 0.6) is 0 Å². The van der Waals surface area contributed by atoms with E-state index in [-0.39, 0.29) is 22.9 Å². The molecule has 2 aromatic rings. The number of ether oxygens (including phenoxy) is 1. The maximum absolute atomic E-state index is 12.5. The van der Waals surface area contributed by atoms with Crippen molar-refractivity contribution in [3.63, 3.8) is 0 Å². The Morgan fingerprint density at radius 2 is 1.97 bits per heavy atom. The molecule has 6 atom stereocenters. The fourth-order valence-electron chi connectivity index (χ4n) is 8.27. The van der Waals surface area contributed by atoms with E-state index in [1.54, 1.807) is 5.57 Å². The molecule has 0 unspecified atom stereocenters. The summed E-state index contributed by atoms with van der Waals surface area (Å²) in [5.74, 6) is 2.05. The largest absolute Gasteiger partial charge is 0.462 e. The highest BCUT2D eigenvalue weighted by Crippen LogP contribution is 2.66. The molecule has 0 aliphatic heterocycles. The number of carbonyl (C=O) groups is 1. The van der Waals surface area contributed by atoms with Crippen molar-refractivity contribution in [1.82, 2.24) is 4.98 Å². The van der Waals surface area contributed by atoms with Gasteiger partial charge in [-0.05, 0) is 104 Å². The van der Waals surface area contributed by atoms with Gasteiger partial charge in [-0.1, -0.05) is 56.2 Å². The Labute approximate surface area is 230 Å². The summed E-state index contributed by atoms with van der Waals surface area (Å²) >= 11 is 7.87. The van der Waals surface area contributed by atoms with Crippen molar-refractivity contribution < 1.29 is 9.53 Å². The number of aryl methyl sites for hydroxylation is 1. The van der Waals surface area contributed by atoms with E-state index >= 15 is 0 Å². The number of unbranched alkanes of at least 4 members (excludes halogenated alkanes) is 1. The van der Waals surface area contributed by atoms with Gasteiger partial charge in [-0.25, -0.2) is 4.98 Å². The normalized spacial score (nSPS) is 34.0. The number of benzene rings is 1. The van der Waals surface area contributed by atoms with Crippen LogP contribution in [0.2, 0.25) is 5.02 Å². The lowest BCUT2D eigenvalue weighted by molar-refractivity contribution is -0.159. The van der Waals surface area contributed by atoms with Crippen molar-refractivity contribution in [2.75, 3.05) is 5.32 Å². The number of allylic oxidation sites excluding steroid dienone is 2. The molecule has 0 bridgehead atoms. The van der Waals surface area contributed by atoms with Gasteiger partial charge < -0.3 is 10.1 Å². The molecule has 4 aliphatic carbocycles. The number of halogens is 1. The summed E-state index contributed by atoms with van der Waals surface area (Å²) in [4.78, 5) is 18.9. The second-order valence-electron chi connectivity index (χ2n) is 12.3. The summed E-state index contributed by atoms with van der Waals surface area (Å²) in [5, 5.41) is 5.22. The summed E-state index contributed by atoms with van der Waals surface area (Å²) in [6, 6.07) is 7.84. The third-order valence-electron chi connectivity index (χ3n) is 10.3. The number of esters is 1. The maximum Gasteiger partial charge on any atom is 0.306 e. The van der Waals surface area contributed by atoms with Crippen LogP contribution in [0.4, 0.5) is 10.8 Å². The monoisotopic (exact) mass is 538 g/mol. The van der Waals surface area contributed by atoms with Crippen molar-refractivity contribution in [2.24, 2.45) is 28.6 Å². The minimum Gasteiger partial charge on any atom is -0.462 e. The average Bonchev–Trinajstić information content (AvgIpc) is 3.44. The Morgan fingerprint density at radius 1 is 1.16 bits per heavy atom. The molecule has 1 aromatic heterocycles. The highest BCUT2D eigenvalue weighted by molar-refractivity contribution is 7.16. The van der Waals surface area contributed by atoms with Crippen molar-refractivity contribution in [2.45, 2.75) is 91.1 Å². The molecular weight excluding hydrogens is 500 g/mol. The first kappa shape index (κ1) is 25.4. The number of thiazole rings is 1. The van der Waals surface area contributed by atoms with Crippen LogP contribution in [0, 0.1) is 28.6 Å². The van der Waals surface area contributed by atoms with Crippen LogP contribution in [0.15, 0.2) is 30.3 Å². The molecule has 37 heavy (non-hydrogen) atoms. The molecule has 6 heteroatoms. The van der Waals surface area contributed by atoms with Gasteiger partial charge in [0.2, 0.25) is 0 Å². The molecule has 2 fully saturated rings. The molecule has 4 nitrogen and oxygen atoms in total. The van der Waals surface area contributed by atoms with E-state index < -0.39 is 0 Å². The molecule has 0 amide bonds. The maximum atomic E-state index is 12.5.